The zero-order valence-electron chi connectivity index (χ0n) is 15.1. The van der Waals surface area contributed by atoms with Crippen LogP contribution >= 0.6 is 0 Å². The maximum absolute atomic E-state index is 5.84. The lowest BCUT2D eigenvalue weighted by atomic mass is 10.4. The van der Waals surface area contributed by atoms with E-state index in [1.165, 1.54) is 0 Å². The maximum Gasteiger partial charge on any atom is 0.354 e. The van der Waals surface area contributed by atoms with Gasteiger partial charge in [0.15, 0.2) is 0 Å². The van der Waals surface area contributed by atoms with Crippen molar-refractivity contribution in [3.63, 3.8) is 0 Å². The SMILES string of the molecule is CCC(NC(CC)[Si](CC)(OC)OC)[Si](CC)(OC)OC. The number of hydrogen-bond donors (Lipinski definition) is 1. The molecular formula is C14H35NO4Si2. The zero-order valence-corrected chi connectivity index (χ0v) is 17.1. The standard InChI is InChI=1S/C14H35NO4Si2/c1-9-13(20(11-3,16-5)17-6)15-14(10-2)21(12-4,18-7)19-8/h13-15H,9-12H2,1-8H3. The third-order valence-corrected chi connectivity index (χ3v) is 12.7. The van der Waals surface area contributed by atoms with E-state index in [-0.39, 0.29) is 11.3 Å². The highest BCUT2D eigenvalue weighted by Gasteiger charge is 2.48. The summed E-state index contributed by atoms with van der Waals surface area (Å²) in [6.45, 7) is 8.63. The van der Waals surface area contributed by atoms with E-state index in [2.05, 4.69) is 33.0 Å². The van der Waals surface area contributed by atoms with E-state index in [1.54, 1.807) is 28.4 Å². The Hall–Kier alpha value is 0.234. The van der Waals surface area contributed by atoms with E-state index in [0.29, 0.717) is 0 Å². The van der Waals surface area contributed by atoms with Crippen LogP contribution in [0.25, 0.3) is 0 Å². The molecule has 0 heterocycles. The van der Waals surface area contributed by atoms with Gasteiger partial charge in [0, 0.05) is 28.4 Å². The Balaban J connectivity index is 5.32. The molecule has 1 N–H and O–H groups in total. The van der Waals surface area contributed by atoms with Crippen LogP contribution in [0.2, 0.25) is 12.1 Å². The van der Waals surface area contributed by atoms with Crippen LogP contribution in [0.15, 0.2) is 0 Å². The second-order valence-electron chi connectivity index (χ2n) is 5.24. The molecule has 0 aliphatic rings. The largest absolute Gasteiger partial charge is 0.397 e. The highest BCUT2D eigenvalue weighted by molar-refractivity contribution is 6.70. The van der Waals surface area contributed by atoms with Crippen LogP contribution in [0.4, 0.5) is 0 Å². The molecular weight excluding hydrogens is 302 g/mol. The summed E-state index contributed by atoms with van der Waals surface area (Å²) in [5.74, 6) is 0. The van der Waals surface area contributed by atoms with Gasteiger partial charge in [0.05, 0.1) is 11.3 Å². The van der Waals surface area contributed by atoms with Crippen LogP contribution in [0, 0.1) is 0 Å². The molecule has 5 nitrogen and oxygen atoms in total. The summed E-state index contributed by atoms with van der Waals surface area (Å²) in [6, 6.07) is 1.84. The molecule has 0 aliphatic heterocycles. The van der Waals surface area contributed by atoms with Crippen molar-refractivity contribution in [1.82, 2.24) is 5.32 Å². The lowest BCUT2D eigenvalue weighted by Crippen LogP contribution is -2.66. The Morgan fingerprint density at radius 2 is 0.952 bits per heavy atom. The van der Waals surface area contributed by atoms with E-state index in [1.807, 2.05) is 0 Å². The van der Waals surface area contributed by atoms with Gasteiger partial charge in [-0.1, -0.05) is 27.7 Å². The molecule has 0 aromatic carbocycles. The maximum atomic E-state index is 5.84. The van der Waals surface area contributed by atoms with E-state index in [0.717, 1.165) is 24.9 Å². The molecule has 128 valence electrons. The first kappa shape index (κ1) is 21.2. The molecule has 7 heteroatoms. The summed E-state index contributed by atoms with van der Waals surface area (Å²) in [6.07, 6.45) is 1.94. The number of hydrogen-bond acceptors (Lipinski definition) is 5. The minimum atomic E-state index is -2.24. The number of nitrogens with one attached hydrogen (secondary N) is 1. The molecule has 2 unspecified atom stereocenters. The van der Waals surface area contributed by atoms with Crippen molar-refractivity contribution in [2.75, 3.05) is 28.4 Å². The van der Waals surface area contributed by atoms with Gasteiger partial charge in [-0.2, -0.15) is 0 Å². The fourth-order valence-corrected chi connectivity index (χ4v) is 9.09. The van der Waals surface area contributed by atoms with Gasteiger partial charge in [-0.05, 0) is 24.9 Å². The smallest absolute Gasteiger partial charge is 0.354 e. The minimum absolute atomic E-state index is 0.228. The lowest BCUT2D eigenvalue weighted by Gasteiger charge is -2.41. The molecule has 0 aromatic heterocycles. The summed E-state index contributed by atoms with van der Waals surface area (Å²) in [4.78, 5) is 0. The van der Waals surface area contributed by atoms with Gasteiger partial charge in [-0.25, -0.2) is 0 Å². The van der Waals surface area contributed by atoms with Crippen LogP contribution in [0.5, 0.6) is 0 Å². The molecule has 21 heavy (non-hydrogen) atoms. The van der Waals surface area contributed by atoms with Crippen LogP contribution in [0.3, 0.4) is 0 Å². The summed E-state index contributed by atoms with van der Waals surface area (Å²) in [7, 11) is 2.58. The third kappa shape index (κ3) is 4.60. The fraction of sp³-hybridized carbons (Fsp3) is 1.00. The average Bonchev–Trinajstić information content (AvgIpc) is 2.55. The molecule has 0 bridgehead atoms. The van der Waals surface area contributed by atoms with Crippen molar-refractivity contribution < 1.29 is 17.7 Å². The van der Waals surface area contributed by atoms with Gasteiger partial charge < -0.3 is 23.0 Å². The first-order valence-electron chi connectivity index (χ1n) is 7.96. The van der Waals surface area contributed by atoms with E-state index in [9.17, 15) is 0 Å². The van der Waals surface area contributed by atoms with Crippen LogP contribution in [-0.2, 0) is 17.7 Å². The monoisotopic (exact) mass is 337 g/mol. The van der Waals surface area contributed by atoms with Gasteiger partial charge in [0.2, 0.25) is 0 Å². The van der Waals surface area contributed by atoms with Crippen molar-refractivity contribution in [3.05, 3.63) is 0 Å². The molecule has 0 saturated heterocycles. The molecule has 0 aromatic rings. The minimum Gasteiger partial charge on any atom is -0.397 e. The van der Waals surface area contributed by atoms with Gasteiger partial charge in [0.1, 0.15) is 0 Å². The Morgan fingerprint density at radius 3 is 1.10 bits per heavy atom. The average molecular weight is 338 g/mol. The van der Waals surface area contributed by atoms with Crippen molar-refractivity contribution in [1.29, 1.82) is 0 Å². The molecule has 0 fully saturated rings. The Bertz CT molecular complexity index is 231. The second kappa shape index (κ2) is 10.1. The number of rotatable bonds is 12. The molecule has 0 aliphatic carbocycles. The summed E-state index contributed by atoms with van der Waals surface area (Å²) >= 11 is 0. The molecule has 0 amide bonds. The summed E-state index contributed by atoms with van der Waals surface area (Å²) < 4.78 is 23.3. The molecule has 0 spiro atoms. The molecule has 0 saturated carbocycles. The topological polar surface area (TPSA) is 49.0 Å². The van der Waals surface area contributed by atoms with Crippen LogP contribution in [0.1, 0.15) is 40.5 Å². The third-order valence-electron chi connectivity index (χ3n) is 4.65. The predicted octanol–water partition coefficient (Wildman–Crippen LogP) is 2.72. The van der Waals surface area contributed by atoms with Crippen LogP contribution in [-0.4, -0.2) is 56.9 Å². The quantitative estimate of drug-likeness (QED) is 0.555. The van der Waals surface area contributed by atoms with Crippen molar-refractivity contribution in [2.45, 2.75) is 64.0 Å². The van der Waals surface area contributed by atoms with Crippen molar-refractivity contribution in [3.8, 4) is 0 Å². The van der Waals surface area contributed by atoms with Gasteiger partial charge in [-0.15, -0.1) is 0 Å². The predicted molar refractivity (Wildman–Crippen MR) is 91.8 cm³/mol. The molecule has 0 rings (SSSR count). The summed E-state index contributed by atoms with van der Waals surface area (Å²) in [5.41, 5.74) is 0.456. The van der Waals surface area contributed by atoms with Crippen molar-refractivity contribution in [2.24, 2.45) is 0 Å². The Labute approximate surface area is 133 Å². The van der Waals surface area contributed by atoms with Crippen molar-refractivity contribution >= 4 is 17.1 Å². The highest BCUT2D eigenvalue weighted by Crippen LogP contribution is 2.24. The Morgan fingerprint density at radius 1 is 0.667 bits per heavy atom. The summed E-state index contributed by atoms with van der Waals surface area (Å²) in [5, 5.41) is 3.76. The van der Waals surface area contributed by atoms with Gasteiger partial charge in [-0.3, -0.25) is 0 Å². The molecule has 0 radical (unpaired) electrons. The van der Waals surface area contributed by atoms with Gasteiger partial charge >= 0.3 is 17.1 Å². The second-order valence-corrected chi connectivity index (χ2v) is 12.9. The van der Waals surface area contributed by atoms with E-state index < -0.39 is 17.1 Å². The normalized spacial score (nSPS) is 16.0. The Kier molecular flexibility index (Phi) is 10.2. The first-order chi connectivity index (χ1) is 9.99. The lowest BCUT2D eigenvalue weighted by molar-refractivity contribution is 0.201. The highest BCUT2D eigenvalue weighted by atomic mass is 28.4. The fourth-order valence-electron chi connectivity index (χ4n) is 3.16. The van der Waals surface area contributed by atoms with Gasteiger partial charge in [0.25, 0.3) is 0 Å². The van der Waals surface area contributed by atoms with Crippen LogP contribution < -0.4 is 5.32 Å². The van der Waals surface area contributed by atoms with E-state index in [4.69, 9.17) is 17.7 Å². The molecule has 2 atom stereocenters. The zero-order chi connectivity index (χ0) is 16.5. The first-order valence-corrected chi connectivity index (χ1v) is 12.2. The van der Waals surface area contributed by atoms with E-state index >= 15 is 0 Å².